The van der Waals surface area contributed by atoms with Gasteiger partial charge in [0.15, 0.2) is 9.84 Å². The van der Waals surface area contributed by atoms with E-state index in [0.29, 0.717) is 11.1 Å². The number of hydrogen-bond acceptors (Lipinski definition) is 4. The van der Waals surface area contributed by atoms with Gasteiger partial charge >= 0.3 is 0 Å². The summed E-state index contributed by atoms with van der Waals surface area (Å²) >= 11 is 0. The van der Waals surface area contributed by atoms with Gasteiger partial charge < -0.3 is 0 Å². The summed E-state index contributed by atoms with van der Waals surface area (Å²) in [5, 5.41) is 4.14. The molecule has 0 atom stereocenters. The molecule has 5 nitrogen and oxygen atoms in total. The molecule has 0 bridgehead atoms. The first-order valence-corrected chi connectivity index (χ1v) is 9.34. The van der Waals surface area contributed by atoms with E-state index in [2.05, 4.69) is 5.10 Å². The second-order valence-corrected chi connectivity index (χ2v) is 7.68. The molecule has 7 heteroatoms. The van der Waals surface area contributed by atoms with Gasteiger partial charge in [-0.2, -0.15) is 5.10 Å². The summed E-state index contributed by atoms with van der Waals surface area (Å²) in [7, 11) is -3.26. The van der Waals surface area contributed by atoms with Crippen molar-refractivity contribution in [2.75, 3.05) is 6.26 Å². The molecule has 25 heavy (non-hydrogen) atoms. The molecule has 0 unspecified atom stereocenters. The Morgan fingerprint density at radius 1 is 1.00 bits per heavy atom. The van der Waals surface area contributed by atoms with Crippen LogP contribution in [0.3, 0.4) is 0 Å². The van der Waals surface area contributed by atoms with Crippen LogP contribution in [0.1, 0.15) is 5.56 Å². The third-order valence-corrected chi connectivity index (χ3v) is 4.86. The third kappa shape index (κ3) is 4.00. The molecule has 0 saturated heterocycles. The SMILES string of the molecule is CS(=O)(=O)c1ccc(-c2cnn(Cc3ccc(F)cc3)c(=O)c2)cc1. The van der Waals surface area contributed by atoms with Gasteiger partial charge in [-0.3, -0.25) is 4.79 Å². The largest absolute Gasteiger partial charge is 0.268 e. The molecule has 0 spiro atoms. The van der Waals surface area contributed by atoms with Crippen LogP contribution < -0.4 is 5.56 Å². The van der Waals surface area contributed by atoms with Gasteiger partial charge in [0, 0.05) is 17.9 Å². The summed E-state index contributed by atoms with van der Waals surface area (Å²) in [6.45, 7) is 0.242. The molecule has 128 valence electrons. The number of rotatable bonds is 4. The number of hydrogen-bond donors (Lipinski definition) is 0. The van der Waals surface area contributed by atoms with Gasteiger partial charge in [0.1, 0.15) is 5.82 Å². The highest BCUT2D eigenvalue weighted by Crippen LogP contribution is 2.19. The number of halogens is 1. The molecule has 1 aromatic heterocycles. The maximum absolute atomic E-state index is 12.9. The average Bonchev–Trinajstić information content (AvgIpc) is 2.58. The van der Waals surface area contributed by atoms with Gasteiger partial charge in [0.2, 0.25) is 0 Å². The van der Waals surface area contributed by atoms with Gasteiger partial charge in [-0.05, 0) is 35.4 Å². The zero-order valence-electron chi connectivity index (χ0n) is 13.4. The number of sulfone groups is 1. The molecule has 0 saturated carbocycles. The molecule has 0 aliphatic heterocycles. The Morgan fingerprint density at radius 3 is 2.20 bits per heavy atom. The zero-order chi connectivity index (χ0) is 18.0. The van der Waals surface area contributed by atoms with Crippen molar-refractivity contribution in [2.45, 2.75) is 11.4 Å². The van der Waals surface area contributed by atoms with Crippen LogP contribution >= 0.6 is 0 Å². The summed E-state index contributed by atoms with van der Waals surface area (Å²) < 4.78 is 37.2. The van der Waals surface area contributed by atoms with E-state index < -0.39 is 9.84 Å². The predicted molar refractivity (Wildman–Crippen MR) is 92.5 cm³/mol. The highest BCUT2D eigenvalue weighted by molar-refractivity contribution is 7.90. The monoisotopic (exact) mass is 358 g/mol. The van der Waals surface area contributed by atoms with Crippen molar-refractivity contribution < 1.29 is 12.8 Å². The molecule has 1 heterocycles. The molecule has 0 radical (unpaired) electrons. The molecule has 0 N–H and O–H groups in total. The lowest BCUT2D eigenvalue weighted by molar-refractivity contribution is 0.602. The van der Waals surface area contributed by atoms with E-state index in [1.54, 1.807) is 30.5 Å². The normalized spacial score (nSPS) is 11.4. The first-order valence-electron chi connectivity index (χ1n) is 7.45. The summed E-state index contributed by atoms with van der Waals surface area (Å²) in [6, 6.07) is 13.6. The lowest BCUT2D eigenvalue weighted by Crippen LogP contribution is -2.22. The van der Waals surface area contributed by atoms with Crippen molar-refractivity contribution in [3.63, 3.8) is 0 Å². The maximum Gasteiger partial charge on any atom is 0.267 e. The first-order chi connectivity index (χ1) is 11.8. The Kier molecular flexibility index (Phi) is 4.50. The third-order valence-electron chi connectivity index (χ3n) is 3.73. The molecule has 0 fully saturated rings. The molecule has 0 amide bonds. The molecule has 0 aliphatic carbocycles. The van der Waals surface area contributed by atoms with E-state index in [9.17, 15) is 17.6 Å². The Morgan fingerprint density at radius 2 is 1.64 bits per heavy atom. The van der Waals surface area contributed by atoms with Crippen molar-refractivity contribution >= 4 is 9.84 Å². The molecule has 2 aromatic carbocycles. The van der Waals surface area contributed by atoms with Crippen molar-refractivity contribution in [1.29, 1.82) is 0 Å². The summed E-state index contributed by atoms with van der Waals surface area (Å²) in [4.78, 5) is 12.5. The second-order valence-electron chi connectivity index (χ2n) is 5.66. The van der Waals surface area contributed by atoms with Crippen LogP contribution in [0.4, 0.5) is 4.39 Å². The Balaban J connectivity index is 1.86. The van der Waals surface area contributed by atoms with Gasteiger partial charge in [0.25, 0.3) is 5.56 Å². The summed E-state index contributed by atoms with van der Waals surface area (Å²) in [5.74, 6) is -0.336. The van der Waals surface area contributed by atoms with Gasteiger partial charge in [0.05, 0.1) is 17.6 Å². The van der Waals surface area contributed by atoms with Gasteiger partial charge in [-0.1, -0.05) is 24.3 Å². The van der Waals surface area contributed by atoms with Crippen LogP contribution in [0.2, 0.25) is 0 Å². The minimum atomic E-state index is -3.26. The minimum Gasteiger partial charge on any atom is -0.268 e. The van der Waals surface area contributed by atoms with E-state index in [0.717, 1.165) is 11.8 Å². The predicted octanol–water partition coefficient (Wildman–Crippen LogP) is 2.50. The van der Waals surface area contributed by atoms with E-state index in [1.807, 2.05) is 0 Å². The van der Waals surface area contributed by atoms with Crippen molar-refractivity contribution in [1.82, 2.24) is 9.78 Å². The first kappa shape index (κ1) is 17.0. The number of benzene rings is 2. The zero-order valence-corrected chi connectivity index (χ0v) is 14.2. The molecule has 3 aromatic rings. The Hall–Kier alpha value is -2.80. The van der Waals surface area contributed by atoms with Crippen LogP contribution in [0.25, 0.3) is 11.1 Å². The Bertz CT molecular complexity index is 1060. The quantitative estimate of drug-likeness (QED) is 0.719. The van der Waals surface area contributed by atoms with E-state index in [4.69, 9.17) is 0 Å². The minimum absolute atomic E-state index is 0.217. The van der Waals surface area contributed by atoms with Crippen LogP contribution in [-0.2, 0) is 16.4 Å². The fourth-order valence-corrected chi connectivity index (χ4v) is 3.00. The van der Waals surface area contributed by atoms with E-state index in [-0.39, 0.29) is 22.8 Å². The van der Waals surface area contributed by atoms with Crippen LogP contribution in [0.5, 0.6) is 0 Å². The fraction of sp³-hybridized carbons (Fsp3) is 0.111. The standard InChI is InChI=1S/C18H15FN2O3S/c1-25(23,24)17-8-4-14(5-9-17)15-10-18(22)21(20-11-15)12-13-2-6-16(19)7-3-13/h2-11H,12H2,1H3. The van der Waals surface area contributed by atoms with Crippen LogP contribution in [0.15, 0.2) is 70.5 Å². The number of aromatic nitrogens is 2. The van der Waals surface area contributed by atoms with Crippen molar-refractivity contribution in [2.24, 2.45) is 0 Å². The lowest BCUT2D eigenvalue weighted by atomic mass is 10.1. The lowest BCUT2D eigenvalue weighted by Gasteiger charge is -2.07. The maximum atomic E-state index is 12.9. The highest BCUT2D eigenvalue weighted by atomic mass is 32.2. The average molecular weight is 358 g/mol. The topological polar surface area (TPSA) is 69.0 Å². The molecular formula is C18H15FN2O3S. The Labute approximate surface area is 144 Å². The summed E-state index contributed by atoms with van der Waals surface area (Å²) in [5.41, 5.74) is 1.77. The molecule has 3 rings (SSSR count). The summed E-state index contributed by atoms with van der Waals surface area (Å²) in [6.07, 6.45) is 2.68. The van der Waals surface area contributed by atoms with Gasteiger partial charge in [-0.15, -0.1) is 0 Å². The molecular weight excluding hydrogens is 343 g/mol. The fourth-order valence-electron chi connectivity index (χ4n) is 2.37. The van der Waals surface area contributed by atoms with Crippen molar-refractivity contribution in [3.8, 4) is 11.1 Å². The van der Waals surface area contributed by atoms with E-state index >= 15 is 0 Å². The van der Waals surface area contributed by atoms with Crippen LogP contribution in [-0.4, -0.2) is 24.5 Å². The van der Waals surface area contributed by atoms with E-state index in [1.165, 1.54) is 35.0 Å². The van der Waals surface area contributed by atoms with Crippen LogP contribution in [0, 0.1) is 5.82 Å². The van der Waals surface area contributed by atoms with Gasteiger partial charge in [-0.25, -0.2) is 17.5 Å². The molecule has 0 aliphatic rings. The number of nitrogens with zero attached hydrogens (tertiary/aromatic N) is 2. The smallest absolute Gasteiger partial charge is 0.267 e. The second kappa shape index (κ2) is 6.60. The van der Waals surface area contributed by atoms with Crippen molar-refractivity contribution in [3.05, 3.63) is 82.5 Å². The highest BCUT2D eigenvalue weighted by Gasteiger charge is 2.08.